The largest absolute Gasteiger partial charge is 0.465 e. The van der Waals surface area contributed by atoms with Gasteiger partial charge in [-0.2, -0.15) is 0 Å². The first-order valence-electron chi connectivity index (χ1n) is 9.65. The van der Waals surface area contributed by atoms with Crippen LogP contribution in [0.5, 0.6) is 0 Å². The van der Waals surface area contributed by atoms with Crippen molar-refractivity contribution in [1.29, 1.82) is 0 Å². The molecule has 33 heavy (non-hydrogen) atoms. The zero-order valence-electron chi connectivity index (χ0n) is 17.7. The van der Waals surface area contributed by atoms with E-state index >= 15 is 0 Å². The van der Waals surface area contributed by atoms with Crippen molar-refractivity contribution in [1.82, 2.24) is 0 Å². The summed E-state index contributed by atoms with van der Waals surface area (Å²) in [7, 11) is -2.88. The van der Waals surface area contributed by atoms with E-state index in [0.29, 0.717) is 10.6 Å². The van der Waals surface area contributed by atoms with Crippen molar-refractivity contribution in [2.24, 2.45) is 0 Å². The zero-order chi connectivity index (χ0) is 24.2. The van der Waals surface area contributed by atoms with Crippen LogP contribution in [0, 0.1) is 6.92 Å². The van der Waals surface area contributed by atoms with E-state index in [9.17, 15) is 18.0 Å². The summed E-state index contributed by atoms with van der Waals surface area (Å²) in [5.41, 5.74) is 1.10. The van der Waals surface area contributed by atoms with Gasteiger partial charge >= 0.3 is 5.97 Å². The number of halogens is 2. The Balaban J connectivity index is 1.97. The maximum atomic E-state index is 13.4. The molecule has 3 aromatic carbocycles. The summed E-state index contributed by atoms with van der Waals surface area (Å²) in [5.74, 6) is -1.30. The minimum atomic E-state index is -4.09. The van der Waals surface area contributed by atoms with Crippen LogP contribution in [-0.2, 0) is 19.6 Å². The summed E-state index contributed by atoms with van der Waals surface area (Å²) < 4.78 is 32.5. The lowest BCUT2D eigenvalue weighted by Crippen LogP contribution is -2.38. The first kappa shape index (κ1) is 24.6. The van der Waals surface area contributed by atoms with Crippen LogP contribution in [-0.4, -0.2) is 33.9 Å². The Morgan fingerprint density at radius 1 is 0.970 bits per heavy atom. The molecule has 3 aromatic rings. The Bertz CT molecular complexity index is 1300. The van der Waals surface area contributed by atoms with Gasteiger partial charge in [-0.3, -0.25) is 9.10 Å². The Hall–Kier alpha value is -3.07. The lowest BCUT2D eigenvalue weighted by molar-refractivity contribution is -0.114. The lowest BCUT2D eigenvalue weighted by atomic mass is 10.2. The summed E-state index contributed by atoms with van der Waals surface area (Å²) in [6, 6.07) is 16.9. The maximum Gasteiger partial charge on any atom is 0.339 e. The molecule has 0 aliphatic carbocycles. The summed E-state index contributed by atoms with van der Waals surface area (Å²) in [6.07, 6.45) is 0. The molecule has 172 valence electrons. The van der Waals surface area contributed by atoms with Crippen molar-refractivity contribution < 1.29 is 22.7 Å². The molecule has 0 fully saturated rings. The smallest absolute Gasteiger partial charge is 0.339 e. The summed E-state index contributed by atoms with van der Waals surface area (Å²) in [4.78, 5) is 24.8. The number of carbonyl (C=O) groups excluding carboxylic acids is 2. The van der Waals surface area contributed by atoms with Crippen LogP contribution in [0.2, 0.25) is 10.0 Å². The number of esters is 1. The highest BCUT2D eigenvalue weighted by molar-refractivity contribution is 7.92. The van der Waals surface area contributed by atoms with E-state index in [1.807, 2.05) is 0 Å². The molecule has 0 saturated heterocycles. The van der Waals surface area contributed by atoms with Gasteiger partial charge in [0.25, 0.3) is 10.0 Å². The van der Waals surface area contributed by atoms with Crippen LogP contribution >= 0.6 is 23.2 Å². The second-order valence-corrected chi connectivity index (χ2v) is 9.62. The Morgan fingerprint density at radius 3 is 2.33 bits per heavy atom. The topological polar surface area (TPSA) is 92.8 Å². The van der Waals surface area contributed by atoms with Gasteiger partial charge in [-0.05, 0) is 55.0 Å². The molecule has 0 heterocycles. The molecule has 0 saturated carbocycles. The maximum absolute atomic E-state index is 13.4. The number of anilines is 2. The number of nitrogens with zero attached hydrogens (tertiary/aromatic N) is 1. The standard InChI is InChI=1S/C23H20Cl2N2O5S/c1-15-19(24)9-6-10-21(15)27(33(30,31)17-7-4-3-5-8-17)14-22(28)26-16-11-12-20(25)18(13-16)23(29)32-2/h3-13H,14H2,1-2H3,(H,26,28). The van der Waals surface area contributed by atoms with Crippen LogP contribution in [0.1, 0.15) is 15.9 Å². The molecule has 1 amide bonds. The molecule has 3 rings (SSSR count). The molecule has 0 aliphatic rings. The molecule has 0 aromatic heterocycles. The van der Waals surface area contributed by atoms with Gasteiger partial charge in [-0.25, -0.2) is 13.2 Å². The van der Waals surface area contributed by atoms with Crippen LogP contribution in [0.15, 0.2) is 71.6 Å². The number of nitrogens with one attached hydrogen (secondary N) is 1. The number of rotatable bonds is 7. The number of hydrogen-bond donors (Lipinski definition) is 1. The molecule has 0 radical (unpaired) electrons. The highest BCUT2D eigenvalue weighted by Crippen LogP contribution is 2.31. The number of sulfonamides is 1. The van der Waals surface area contributed by atoms with Gasteiger partial charge in [0, 0.05) is 10.7 Å². The van der Waals surface area contributed by atoms with Crippen LogP contribution < -0.4 is 9.62 Å². The van der Waals surface area contributed by atoms with Crippen molar-refractivity contribution >= 4 is 56.5 Å². The van der Waals surface area contributed by atoms with E-state index in [-0.39, 0.29) is 26.9 Å². The highest BCUT2D eigenvalue weighted by Gasteiger charge is 2.28. The molecule has 0 unspecified atom stereocenters. The molecule has 1 N–H and O–H groups in total. The number of hydrogen-bond acceptors (Lipinski definition) is 5. The number of ether oxygens (including phenoxy) is 1. The van der Waals surface area contributed by atoms with E-state index in [2.05, 4.69) is 10.1 Å². The summed E-state index contributed by atoms with van der Waals surface area (Å²) >= 11 is 12.2. The fourth-order valence-electron chi connectivity index (χ4n) is 3.09. The third-order valence-corrected chi connectivity index (χ3v) is 7.29. The lowest BCUT2D eigenvalue weighted by Gasteiger charge is -2.26. The van der Waals surface area contributed by atoms with Crippen LogP contribution in [0.3, 0.4) is 0 Å². The van der Waals surface area contributed by atoms with Gasteiger partial charge in [0.1, 0.15) is 6.54 Å². The number of carbonyl (C=O) groups is 2. The molecule has 0 bridgehead atoms. The van der Waals surface area contributed by atoms with Crippen LogP contribution in [0.25, 0.3) is 0 Å². The van der Waals surface area contributed by atoms with Gasteiger partial charge in [0.2, 0.25) is 5.91 Å². The van der Waals surface area contributed by atoms with Gasteiger partial charge in [-0.15, -0.1) is 0 Å². The third kappa shape index (κ3) is 5.47. The minimum Gasteiger partial charge on any atom is -0.465 e. The second kappa shape index (κ2) is 10.2. The number of methoxy groups -OCH3 is 1. The SMILES string of the molecule is COC(=O)c1cc(NC(=O)CN(c2cccc(Cl)c2C)S(=O)(=O)c2ccccc2)ccc1Cl. The Morgan fingerprint density at radius 2 is 1.67 bits per heavy atom. The first-order chi connectivity index (χ1) is 15.6. The van der Waals surface area contributed by atoms with Gasteiger partial charge in [-0.1, -0.05) is 47.5 Å². The molecular formula is C23H20Cl2N2O5S. The fraction of sp³-hybridized carbons (Fsp3) is 0.130. The average Bonchev–Trinajstić information content (AvgIpc) is 2.80. The van der Waals surface area contributed by atoms with Crippen molar-refractivity contribution in [3.63, 3.8) is 0 Å². The molecule has 7 nitrogen and oxygen atoms in total. The number of benzene rings is 3. The average molecular weight is 507 g/mol. The highest BCUT2D eigenvalue weighted by atomic mass is 35.5. The number of amides is 1. The summed E-state index contributed by atoms with van der Waals surface area (Å²) in [5, 5.41) is 3.12. The van der Waals surface area contributed by atoms with E-state index < -0.39 is 28.4 Å². The molecule has 0 spiro atoms. The van der Waals surface area contributed by atoms with E-state index in [1.165, 1.54) is 37.4 Å². The second-order valence-electron chi connectivity index (χ2n) is 6.94. The minimum absolute atomic E-state index is 0.0247. The van der Waals surface area contributed by atoms with Gasteiger partial charge in [0.05, 0.1) is 28.3 Å². The Labute approximate surface area is 201 Å². The fourth-order valence-corrected chi connectivity index (χ4v) is 4.95. The Kier molecular flexibility index (Phi) is 7.63. The van der Waals surface area contributed by atoms with Crippen molar-refractivity contribution in [2.75, 3.05) is 23.3 Å². The zero-order valence-corrected chi connectivity index (χ0v) is 20.0. The van der Waals surface area contributed by atoms with Gasteiger partial charge in [0.15, 0.2) is 0 Å². The van der Waals surface area contributed by atoms with E-state index in [0.717, 1.165) is 4.31 Å². The monoisotopic (exact) mass is 506 g/mol. The van der Waals surface area contributed by atoms with E-state index in [4.69, 9.17) is 23.2 Å². The van der Waals surface area contributed by atoms with Gasteiger partial charge < -0.3 is 10.1 Å². The van der Waals surface area contributed by atoms with Crippen molar-refractivity contribution in [2.45, 2.75) is 11.8 Å². The van der Waals surface area contributed by atoms with Crippen molar-refractivity contribution in [3.05, 3.63) is 87.9 Å². The first-order valence-corrected chi connectivity index (χ1v) is 11.9. The summed E-state index contributed by atoms with van der Waals surface area (Å²) in [6.45, 7) is 1.14. The third-order valence-electron chi connectivity index (χ3n) is 4.78. The predicted molar refractivity (Wildman–Crippen MR) is 129 cm³/mol. The quantitative estimate of drug-likeness (QED) is 0.459. The molecule has 0 aliphatic heterocycles. The predicted octanol–water partition coefficient (Wildman–Crippen LogP) is 4.92. The molecule has 10 heteroatoms. The molecular weight excluding hydrogens is 487 g/mol. The molecule has 0 atom stereocenters. The van der Waals surface area contributed by atoms with E-state index in [1.54, 1.807) is 43.3 Å². The van der Waals surface area contributed by atoms with Crippen LogP contribution in [0.4, 0.5) is 11.4 Å². The van der Waals surface area contributed by atoms with Crippen molar-refractivity contribution in [3.8, 4) is 0 Å². The normalized spacial score (nSPS) is 11.0.